The first-order valence-corrected chi connectivity index (χ1v) is 13.2. The number of halogens is 5. The molecule has 8 nitrogen and oxygen atoms in total. The molecule has 0 aliphatic carbocycles. The average molecular weight is 586 g/mol. The molecule has 14 heteroatoms. The maximum Gasteiger partial charge on any atom is 0.419 e. The zero-order valence-corrected chi connectivity index (χ0v) is 21.9. The monoisotopic (exact) mass is 585 g/mol. The van der Waals surface area contributed by atoms with Crippen LogP contribution in [-0.4, -0.2) is 51.2 Å². The number of piperidine rings is 1. The number of thiazole rings is 1. The number of hydrogen-bond acceptors (Lipinski definition) is 8. The Balaban J connectivity index is 1.11. The molecule has 2 aliphatic heterocycles. The van der Waals surface area contributed by atoms with Gasteiger partial charge in [0.1, 0.15) is 5.71 Å². The number of oxime groups is 1. The summed E-state index contributed by atoms with van der Waals surface area (Å²) >= 11 is 13.9. The molecule has 0 radical (unpaired) electrons. The number of benzene rings is 1. The molecule has 2 aromatic heterocycles. The molecule has 1 unspecified atom stereocenters. The van der Waals surface area contributed by atoms with E-state index in [9.17, 15) is 18.0 Å². The lowest BCUT2D eigenvalue weighted by Gasteiger charge is -2.31. The molecular weight excluding hydrogens is 566 g/mol. The van der Waals surface area contributed by atoms with Gasteiger partial charge < -0.3 is 14.5 Å². The Kier molecular flexibility index (Phi) is 7.73. The second-order valence-corrected chi connectivity index (χ2v) is 10.5. The van der Waals surface area contributed by atoms with Gasteiger partial charge in [0, 0.05) is 58.8 Å². The standard InChI is InChI=1S/C24H20Cl2F3N5O3S/c25-15-1-2-17(26)16(7-15)20-8-18(33-37-20)19-12-38-22(32-19)13-3-5-34(6-4-13)21(35)11-36-23-30-9-14(10-31-23)24(27,28)29/h1-2,7,9-10,12-13,20H,3-6,8,11H2. The van der Waals surface area contributed by atoms with E-state index in [2.05, 4.69) is 15.1 Å². The Hall–Kier alpha value is -2.96. The number of nitrogens with zero attached hydrogens (tertiary/aromatic N) is 5. The van der Waals surface area contributed by atoms with Crippen molar-refractivity contribution in [2.24, 2.45) is 5.16 Å². The van der Waals surface area contributed by atoms with Gasteiger partial charge in [0.15, 0.2) is 12.7 Å². The van der Waals surface area contributed by atoms with Crippen LogP contribution in [0.15, 0.2) is 41.1 Å². The molecule has 4 heterocycles. The van der Waals surface area contributed by atoms with Crippen molar-refractivity contribution < 1.29 is 27.5 Å². The second-order valence-electron chi connectivity index (χ2n) is 8.77. The summed E-state index contributed by atoms with van der Waals surface area (Å²) in [5.74, 6) is -0.0898. The third-order valence-electron chi connectivity index (χ3n) is 6.27. The fraction of sp³-hybridized carbons (Fsp3) is 0.375. The van der Waals surface area contributed by atoms with E-state index in [1.807, 2.05) is 5.38 Å². The molecule has 200 valence electrons. The molecule has 5 rings (SSSR count). The first-order valence-electron chi connectivity index (χ1n) is 11.6. The van der Waals surface area contributed by atoms with Gasteiger partial charge in [0.05, 0.1) is 16.3 Å². The molecule has 2 aliphatic rings. The van der Waals surface area contributed by atoms with Crippen molar-refractivity contribution in [2.75, 3.05) is 19.7 Å². The molecule has 1 fully saturated rings. The maximum absolute atomic E-state index is 12.6. The van der Waals surface area contributed by atoms with Crippen molar-refractivity contribution in [3.05, 3.63) is 67.8 Å². The van der Waals surface area contributed by atoms with Crippen LogP contribution in [0.2, 0.25) is 10.0 Å². The summed E-state index contributed by atoms with van der Waals surface area (Å²) in [6.07, 6.45) is -1.65. The van der Waals surface area contributed by atoms with E-state index in [1.54, 1.807) is 34.4 Å². The van der Waals surface area contributed by atoms with Crippen LogP contribution in [0.25, 0.3) is 0 Å². The van der Waals surface area contributed by atoms with Crippen molar-refractivity contribution >= 4 is 46.2 Å². The molecule has 38 heavy (non-hydrogen) atoms. The van der Waals surface area contributed by atoms with Crippen LogP contribution in [0.4, 0.5) is 13.2 Å². The number of carbonyl (C=O) groups excluding carboxylic acids is 1. The van der Waals surface area contributed by atoms with Crippen LogP contribution in [-0.2, 0) is 15.8 Å². The largest absolute Gasteiger partial charge is 0.453 e. The summed E-state index contributed by atoms with van der Waals surface area (Å²) in [5, 5.41) is 8.27. The summed E-state index contributed by atoms with van der Waals surface area (Å²) in [5.41, 5.74) is 1.29. The van der Waals surface area contributed by atoms with E-state index < -0.39 is 11.7 Å². The number of rotatable bonds is 6. The Morgan fingerprint density at radius 3 is 2.63 bits per heavy atom. The maximum atomic E-state index is 12.6. The average Bonchev–Trinajstić information content (AvgIpc) is 3.59. The molecule has 0 spiro atoms. The zero-order chi connectivity index (χ0) is 26.9. The van der Waals surface area contributed by atoms with E-state index in [0.29, 0.717) is 41.9 Å². The van der Waals surface area contributed by atoms with Gasteiger partial charge in [-0.15, -0.1) is 11.3 Å². The lowest BCUT2D eigenvalue weighted by Crippen LogP contribution is -2.40. The van der Waals surface area contributed by atoms with Crippen LogP contribution >= 0.6 is 34.5 Å². The number of alkyl halides is 3. The van der Waals surface area contributed by atoms with Gasteiger partial charge in [0.2, 0.25) is 0 Å². The fourth-order valence-electron chi connectivity index (χ4n) is 4.20. The van der Waals surface area contributed by atoms with Crippen molar-refractivity contribution in [1.29, 1.82) is 0 Å². The van der Waals surface area contributed by atoms with Crippen molar-refractivity contribution in [1.82, 2.24) is 19.9 Å². The van der Waals surface area contributed by atoms with Crippen LogP contribution in [0.5, 0.6) is 6.01 Å². The molecule has 0 saturated carbocycles. The van der Waals surface area contributed by atoms with Crippen LogP contribution in [0, 0.1) is 0 Å². The molecule has 1 amide bonds. The lowest BCUT2D eigenvalue weighted by atomic mass is 9.97. The zero-order valence-electron chi connectivity index (χ0n) is 19.6. The molecule has 0 bridgehead atoms. The molecule has 1 aromatic carbocycles. The highest BCUT2D eigenvalue weighted by Crippen LogP contribution is 2.37. The number of hydrogen-bond donors (Lipinski definition) is 0. The van der Waals surface area contributed by atoms with Crippen molar-refractivity contribution in [2.45, 2.75) is 37.5 Å². The summed E-state index contributed by atoms with van der Waals surface area (Å²) < 4.78 is 43.0. The lowest BCUT2D eigenvalue weighted by molar-refractivity contribution is -0.138. The van der Waals surface area contributed by atoms with Gasteiger partial charge >= 0.3 is 12.2 Å². The molecule has 1 saturated heterocycles. The van der Waals surface area contributed by atoms with Gasteiger partial charge in [0.25, 0.3) is 5.91 Å². The van der Waals surface area contributed by atoms with Gasteiger partial charge in [-0.05, 0) is 31.0 Å². The molecular formula is C24H20Cl2F3N5O3S. The first kappa shape index (κ1) is 26.6. The van der Waals surface area contributed by atoms with Crippen LogP contribution in [0.3, 0.4) is 0 Å². The third kappa shape index (κ3) is 6.02. The number of ether oxygens (including phenoxy) is 1. The SMILES string of the molecule is O=C(COc1ncc(C(F)(F)F)cn1)N1CCC(c2nc(C3=NOC(c4cc(Cl)ccc4Cl)C3)cs2)CC1. The second kappa shape index (κ2) is 11.0. The summed E-state index contributed by atoms with van der Waals surface area (Å²) in [4.78, 5) is 31.6. The van der Waals surface area contributed by atoms with E-state index in [1.165, 1.54) is 0 Å². The van der Waals surface area contributed by atoms with Crippen molar-refractivity contribution in [3.8, 4) is 6.01 Å². The Labute approximate surface area is 229 Å². The van der Waals surface area contributed by atoms with Gasteiger partial charge in [-0.2, -0.15) is 13.2 Å². The molecule has 0 N–H and O–H groups in total. The minimum Gasteiger partial charge on any atom is -0.453 e. The highest BCUT2D eigenvalue weighted by molar-refractivity contribution is 7.10. The van der Waals surface area contributed by atoms with Crippen LogP contribution < -0.4 is 4.74 Å². The smallest absolute Gasteiger partial charge is 0.419 e. The number of likely N-dealkylation sites (tertiary alicyclic amines) is 1. The van der Waals surface area contributed by atoms with Gasteiger partial charge in [-0.3, -0.25) is 4.79 Å². The van der Waals surface area contributed by atoms with E-state index >= 15 is 0 Å². The number of amides is 1. The van der Waals surface area contributed by atoms with E-state index in [4.69, 9.17) is 37.8 Å². The number of aromatic nitrogens is 3. The normalized spacial score (nSPS) is 18.3. The van der Waals surface area contributed by atoms with E-state index in [-0.39, 0.29) is 30.5 Å². The highest BCUT2D eigenvalue weighted by Gasteiger charge is 2.32. The third-order valence-corrected chi connectivity index (χ3v) is 7.86. The van der Waals surface area contributed by atoms with Crippen molar-refractivity contribution in [3.63, 3.8) is 0 Å². The topological polar surface area (TPSA) is 89.8 Å². The predicted octanol–water partition coefficient (Wildman–Crippen LogP) is 5.91. The first-order chi connectivity index (χ1) is 18.2. The van der Waals surface area contributed by atoms with Gasteiger partial charge in [-0.1, -0.05) is 28.4 Å². The highest BCUT2D eigenvalue weighted by atomic mass is 35.5. The summed E-state index contributed by atoms with van der Waals surface area (Å²) in [6.45, 7) is 0.666. The van der Waals surface area contributed by atoms with Gasteiger partial charge in [-0.25, -0.2) is 15.0 Å². The molecule has 3 aromatic rings. The fourth-order valence-corrected chi connectivity index (χ4v) is 5.62. The minimum atomic E-state index is -4.54. The Bertz CT molecular complexity index is 1340. The molecule has 1 atom stereocenters. The van der Waals surface area contributed by atoms with E-state index in [0.717, 1.165) is 34.8 Å². The summed E-state index contributed by atoms with van der Waals surface area (Å²) in [6, 6.07) is 4.94. The predicted molar refractivity (Wildman–Crippen MR) is 135 cm³/mol. The Morgan fingerprint density at radius 1 is 1.18 bits per heavy atom. The number of carbonyl (C=O) groups is 1. The summed E-state index contributed by atoms with van der Waals surface area (Å²) in [7, 11) is 0. The van der Waals surface area contributed by atoms with Crippen LogP contribution in [0.1, 0.15) is 53.1 Å². The Morgan fingerprint density at radius 2 is 1.92 bits per heavy atom. The quantitative estimate of drug-likeness (QED) is 0.357. The minimum absolute atomic E-state index is 0.193.